The molecule has 0 aromatic heterocycles. The van der Waals surface area contributed by atoms with Crippen LogP contribution in [0.3, 0.4) is 0 Å². The minimum atomic E-state index is 0.0800. The summed E-state index contributed by atoms with van der Waals surface area (Å²) in [5.41, 5.74) is 6.32. The molecular formula is C17H26N2O2. The average Bonchev–Trinajstić information content (AvgIpc) is 2.46. The van der Waals surface area contributed by atoms with Crippen LogP contribution in [-0.2, 0) is 4.79 Å². The van der Waals surface area contributed by atoms with Gasteiger partial charge in [-0.3, -0.25) is 4.79 Å². The molecule has 3 N–H and O–H groups in total. The van der Waals surface area contributed by atoms with Gasteiger partial charge in [-0.2, -0.15) is 0 Å². The Bertz CT molecular complexity index is 458. The Morgan fingerprint density at radius 3 is 2.71 bits per heavy atom. The highest BCUT2D eigenvalue weighted by atomic mass is 16.5. The number of carbonyl (C=O) groups excluding carboxylic acids is 1. The molecule has 21 heavy (non-hydrogen) atoms. The number of amides is 1. The predicted octanol–water partition coefficient (Wildman–Crippen LogP) is 2.98. The first-order chi connectivity index (χ1) is 10.1. The number of nitrogen functional groups attached to an aromatic ring is 1. The topological polar surface area (TPSA) is 64.3 Å². The fourth-order valence-electron chi connectivity index (χ4n) is 2.89. The van der Waals surface area contributed by atoms with Gasteiger partial charge in [-0.25, -0.2) is 0 Å². The number of carbonyl (C=O) groups is 1. The lowest BCUT2D eigenvalue weighted by molar-refractivity contribution is -0.123. The van der Waals surface area contributed by atoms with Gasteiger partial charge in [0.2, 0.25) is 5.91 Å². The quantitative estimate of drug-likeness (QED) is 0.819. The summed E-state index contributed by atoms with van der Waals surface area (Å²) in [4.78, 5) is 12.0. The average molecular weight is 290 g/mol. The van der Waals surface area contributed by atoms with E-state index in [1.165, 1.54) is 12.8 Å². The van der Waals surface area contributed by atoms with Gasteiger partial charge < -0.3 is 15.8 Å². The second kappa shape index (κ2) is 7.34. The zero-order chi connectivity index (χ0) is 15.2. The van der Waals surface area contributed by atoms with Crippen molar-refractivity contribution in [3.8, 4) is 5.75 Å². The Balaban J connectivity index is 1.71. The van der Waals surface area contributed by atoms with Crippen molar-refractivity contribution >= 4 is 11.6 Å². The van der Waals surface area contributed by atoms with Crippen molar-refractivity contribution in [2.45, 2.75) is 45.6 Å². The number of hydrogen-bond acceptors (Lipinski definition) is 3. The standard InChI is InChI=1S/C17H26N2O2/c1-12-4-3-5-16(13(12)2)19-17(20)10-11-21-15-8-6-14(18)7-9-15/h6-9,12-13,16H,3-5,10-11,18H2,1-2H3,(H,19,20). The smallest absolute Gasteiger partial charge is 0.223 e. The maximum absolute atomic E-state index is 12.0. The summed E-state index contributed by atoms with van der Waals surface area (Å²) in [5.74, 6) is 2.07. The van der Waals surface area contributed by atoms with Gasteiger partial charge >= 0.3 is 0 Å². The third kappa shape index (κ3) is 4.66. The number of benzene rings is 1. The Kier molecular flexibility index (Phi) is 5.48. The third-order valence-corrected chi connectivity index (χ3v) is 4.53. The van der Waals surface area contributed by atoms with Crippen molar-refractivity contribution in [1.29, 1.82) is 0 Å². The van der Waals surface area contributed by atoms with Crippen LogP contribution in [0, 0.1) is 11.8 Å². The summed E-state index contributed by atoms with van der Waals surface area (Å²) in [5, 5.41) is 3.16. The second-order valence-corrected chi connectivity index (χ2v) is 6.11. The molecule has 1 aromatic carbocycles. The van der Waals surface area contributed by atoms with Crippen molar-refractivity contribution < 1.29 is 9.53 Å². The first-order valence-corrected chi connectivity index (χ1v) is 7.84. The minimum Gasteiger partial charge on any atom is -0.493 e. The zero-order valence-electron chi connectivity index (χ0n) is 13.0. The summed E-state index contributed by atoms with van der Waals surface area (Å²) in [6.45, 7) is 4.90. The molecule has 0 radical (unpaired) electrons. The van der Waals surface area contributed by atoms with Crippen LogP contribution in [0.5, 0.6) is 5.75 Å². The highest BCUT2D eigenvalue weighted by Crippen LogP contribution is 2.29. The van der Waals surface area contributed by atoms with E-state index in [-0.39, 0.29) is 5.91 Å². The highest BCUT2D eigenvalue weighted by Gasteiger charge is 2.27. The van der Waals surface area contributed by atoms with Crippen molar-refractivity contribution in [3.05, 3.63) is 24.3 Å². The van der Waals surface area contributed by atoms with Crippen LogP contribution in [0.1, 0.15) is 39.5 Å². The van der Waals surface area contributed by atoms with Gasteiger partial charge in [-0.05, 0) is 42.5 Å². The molecule has 1 fully saturated rings. The van der Waals surface area contributed by atoms with E-state index in [1.54, 1.807) is 12.1 Å². The molecule has 0 spiro atoms. The maximum atomic E-state index is 12.0. The number of nitrogens with two attached hydrogens (primary N) is 1. The van der Waals surface area contributed by atoms with Gasteiger partial charge in [0.25, 0.3) is 0 Å². The van der Waals surface area contributed by atoms with Crippen LogP contribution < -0.4 is 15.8 Å². The zero-order valence-corrected chi connectivity index (χ0v) is 13.0. The largest absolute Gasteiger partial charge is 0.493 e. The maximum Gasteiger partial charge on any atom is 0.223 e. The van der Waals surface area contributed by atoms with E-state index in [9.17, 15) is 4.79 Å². The molecule has 1 aliphatic rings. The van der Waals surface area contributed by atoms with Crippen molar-refractivity contribution in [2.24, 2.45) is 11.8 Å². The number of rotatable bonds is 5. The van der Waals surface area contributed by atoms with Crippen LogP contribution in [0.25, 0.3) is 0 Å². The van der Waals surface area contributed by atoms with Crippen molar-refractivity contribution in [3.63, 3.8) is 0 Å². The van der Waals surface area contributed by atoms with Gasteiger partial charge in [0, 0.05) is 11.7 Å². The first-order valence-electron chi connectivity index (χ1n) is 7.84. The van der Waals surface area contributed by atoms with E-state index in [0.29, 0.717) is 36.6 Å². The number of anilines is 1. The summed E-state index contributed by atoms with van der Waals surface area (Å²) in [6.07, 6.45) is 3.96. The highest BCUT2D eigenvalue weighted by molar-refractivity contribution is 5.76. The lowest BCUT2D eigenvalue weighted by Gasteiger charge is -2.34. The summed E-state index contributed by atoms with van der Waals surface area (Å²) < 4.78 is 5.55. The van der Waals surface area contributed by atoms with E-state index >= 15 is 0 Å². The molecule has 0 saturated heterocycles. The molecule has 1 amide bonds. The lowest BCUT2D eigenvalue weighted by atomic mass is 9.78. The van der Waals surface area contributed by atoms with Gasteiger partial charge in [0.15, 0.2) is 0 Å². The molecule has 1 aliphatic carbocycles. The normalized spacial score (nSPS) is 25.3. The molecule has 0 heterocycles. The molecule has 1 aromatic rings. The van der Waals surface area contributed by atoms with Crippen LogP contribution in [-0.4, -0.2) is 18.6 Å². The summed E-state index contributed by atoms with van der Waals surface area (Å²) in [7, 11) is 0. The molecule has 4 nitrogen and oxygen atoms in total. The fourth-order valence-corrected chi connectivity index (χ4v) is 2.89. The van der Waals surface area contributed by atoms with Crippen LogP contribution >= 0.6 is 0 Å². The summed E-state index contributed by atoms with van der Waals surface area (Å²) in [6, 6.07) is 7.54. The van der Waals surface area contributed by atoms with E-state index in [0.717, 1.165) is 12.2 Å². The van der Waals surface area contributed by atoms with Crippen LogP contribution in [0.15, 0.2) is 24.3 Å². The summed E-state index contributed by atoms with van der Waals surface area (Å²) >= 11 is 0. The van der Waals surface area contributed by atoms with E-state index in [2.05, 4.69) is 19.2 Å². The Hall–Kier alpha value is -1.71. The molecule has 0 aliphatic heterocycles. The molecule has 4 heteroatoms. The van der Waals surface area contributed by atoms with E-state index in [1.807, 2.05) is 12.1 Å². The third-order valence-electron chi connectivity index (χ3n) is 4.53. The van der Waals surface area contributed by atoms with Gasteiger partial charge in [-0.1, -0.05) is 26.7 Å². The predicted molar refractivity (Wildman–Crippen MR) is 85.1 cm³/mol. The SMILES string of the molecule is CC1CCCC(NC(=O)CCOc2ccc(N)cc2)C1C. The lowest BCUT2D eigenvalue weighted by Crippen LogP contribution is -2.44. The second-order valence-electron chi connectivity index (χ2n) is 6.11. The minimum absolute atomic E-state index is 0.0800. The molecule has 1 saturated carbocycles. The monoisotopic (exact) mass is 290 g/mol. The Morgan fingerprint density at radius 1 is 1.29 bits per heavy atom. The molecule has 3 unspecified atom stereocenters. The first kappa shape index (κ1) is 15.7. The molecule has 116 valence electrons. The Labute approximate surface area is 127 Å². The number of nitrogens with one attached hydrogen (secondary N) is 1. The van der Waals surface area contributed by atoms with Crippen LogP contribution in [0.4, 0.5) is 5.69 Å². The molecular weight excluding hydrogens is 264 g/mol. The van der Waals surface area contributed by atoms with Gasteiger partial charge in [0.1, 0.15) is 5.75 Å². The van der Waals surface area contributed by atoms with Crippen molar-refractivity contribution in [2.75, 3.05) is 12.3 Å². The van der Waals surface area contributed by atoms with E-state index in [4.69, 9.17) is 10.5 Å². The van der Waals surface area contributed by atoms with E-state index < -0.39 is 0 Å². The number of hydrogen-bond donors (Lipinski definition) is 2. The Morgan fingerprint density at radius 2 is 2.00 bits per heavy atom. The van der Waals surface area contributed by atoms with Crippen molar-refractivity contribution in [1.82, 2.24) is 5.32 Å². The van der Waals surface area contributed by atoms with Crippen LogP contribution in [0.2, 0.25) is 0 Å². The fraction of sp³-hybridized carbons (Fsp3) is 0.588. The van der Waals surface area contributed by atoms with Gasteiger partial charge in [0.05, 0.1) is 13.0 Å². The van der Waals surface area contributed by atoms with Gasteiger partial charge in [-0.15, -0.1) is 0 Å². The number of ether oxygens (including phenoxy) is 1. The molecule has 0 bridgehead atoms. The molecule has 3 atom stereocenters. The molecule has 2 rings (SSSR count).